The first-order valence-corrected chi connectivity index (χ1v) is 8.70. The van der Waals surface area contributed by atoms with Crippen LogP contribution in [0.1, 0.15) is 32.8 Å². The highest BCUT2D eigenvalue weighted by molar-refractivity contribution is 9.10. The summed E-state index contributed by atoms with van der Waals surface area (Å²) in [5.74, 6) is -0.263. The fourth-order valence-electron chi connectivity index (χ4n) is 2.60. The molecule has 5 nitrogen and oxygen atoms in total. The van der Waals surface area contributed by atoms with Gasteiger partial charge in [0.15, 0.2) is 0 Å². The molecule has 2 rings (SSSR count). The molecule has 0 atom stereocenters. The molecule has 0 unspecified atom stereocenters. The maximum Gasteiger partial charge on any atom is 0.329 e. The van der Waals surface area contributed by atoms with Gasteiger partial charge in [-0.15, -0.1) is 0 Å². The highest BCUT2D eigenvalue weighted by Crippen LogP contribution is 2.28. The first-order chi connectivity index (χ1) is 11.0. The quantitative estimate of drug-likeness (QED) is 0.606. The van der Waals surface area contributed by atoms with Crippen LogP contribution in [0.4, 0.5) is 10.5 Å². The molecule has 1 aromatic carbocycles. The first-order valence-electron chi connectivity index (χ1n) is 7.90. The zero-order valence-corrected chi connectivity index (χ0v) is 15.3. The summed E-state index contributed by atoms with van der Waals surface area (Å²) < 4.78 is 0.970. The first kappa shape index (κ1) is 17.5. The van der Waals surface area contributed by atoms with Gasteiger partial charge in [0.25, 0.3) is 5.91 Å². The van der Waals surface area contributed by atoms with Crippen LogP contribution in [-0.4, -0.2) is 36.5 Å². The van der Waals surface area contributed by atoms with E-state index in [0.29, 0.717) is 12.2 Å². The van der Waals surface area contributed by atoms with Crippen molar-refractivity contribution >= 4 is 39.6 Å². The highest BCUT2D eigenvalue weighted by atomic mass is 79.9. The minimum atomic E-state index is -0.345. The van der Waals surface area contributed by atoms with Gasteiger partial charge in [-0.05, 0) is 60.0 Å². The lowest BCUT2D eigenvalue weighted by molar-refractivity contribution is -0.122. The number of rotatable bonds is 6. The zero-order valence-electron chi connectivity index (χ0n) is 13.7. The minimum Gasteiger partial charge on any atom is -0.371 e. The number of carbonyl (C=O) groups excluding carboxylic acids is 2. The Bertz CT molecular complexity index is 639. The molecule has 1 fully saturated rings. The van der Waals surface area contributed by atoms with Crippen LogP contribution in [0.5, 0.6) is 0 Å². The maximum atomic E-state index is 12.2. The highest BCUT2D eigenvalue weighted by Gasteiger charge is 2.32. The number of anilines is 1. The second-order valence-corrected chi connectivity index (χ2v) is 6.18. The van der Waals surface area contributed by atoms with Crippen LogP contribution in [-0.2, 0) is 4.79 Å². The average molecular weight is 380 g/mol. The monoisotopic (exact) mass is 379 g/mol. The van der Waals surface area contributed by atoms with Crippen molar-refractivity contribution in [1.82, 2.24) is 10.2 Å². The molecule has 1 heterocycles. The number of carbonyl (C=O) groups is 2. The Kier molecular flexibility index (Phi) is 5.82. The van der Waals surface area contributed by atoms with Gasteiger partial charge in [0, 0.05) is 24.1 Å². The zero-order chi connectivity index (χ0) is 17.0. The summed E-state index contributed by atoms with van der Waals surface area (Å²) in [7, 11) is 0. The Labute approximate surface area is 145 Å². The normalized spacial score (nSPS) is 16.2. The fraction of sp³-hybridized carbons (Fsp3) is 0.412. The van der Waals surface area contributed by atoms with Gasteiger partial charge in [-0.3, -0.25) is 9.69 Å². The summed E-state index contributed by atoms with van der Waals surface area (Å²) >= 11 is 3.59. The number of urea groups is 1. The molecule has 23 heavy (non-hydrogen) atoms. The standard InChI is InChI=1S/C17H22BrN3O2/c1-4-9-21-16(22)14(19-17(21)23)11-12-7-8-15(13(18)10-12)20(5-2)6-3/h7-8,10-11H,4-6,9H2,1-3H3,(H,19,23)/b14-11+. The predicted octanol–water partition coefficient (Wildman–Crippen LogP) is 3.60. The molecule has 0 radical (unpaired) electrons. The largest absolute Gasteiger partial charge is 0.371 e. The number of amides is 3. The Morgan fingerprint density at radius 1 is 1.22 bits per heavy atom. The van der Waals surface area contributed by atoms with E-state index in [1.165, 1.54) is 4.90 Å². The molecular weight excluding hydrogens is 358 g/mol. The number of nitrogens with one attached hydrogen (secondary N) is 1. The fourth-order valence-corrected chi connectivity index (χ4v) is 3.25. The van der Waals surface area contributed by atoms with E-state index in [2.05, 4.69) is 40.0 Å². The molecule has 124 valence electrons. The van der Waals surface area contributed by atoms with Gasteiger partial charge in [-0.2, -0.15) is 0 Å². The molecular formula is C17H22BrN3O2. The molecule has 1 saturated heterocycles. The van der Waals surface area contributed by atoms with Crippen molar-refractivity contribution in [3.05, 3.63) is 33.9 Å². The van der Waals surface area contributed by atoms with Crippen LogP contribution in [0.3, 0.4) is 0 Å². The summed E-state index contributed by atoms with van der Waals surface area (Å²) in [5, 5.41) is 2.64. The van der Waals surface area contributed by atoms with Crippen LogP contribution < -0.4 is 10.2 Å². The molecule has 1 aliphatic rings. The van der Waals surface area contributed by atoms with E-state index >= 15 is 0 Å². The number of hydrogen-bond acceptors (Lipinski definition) is 3. The second-order valence-electron chi connectivity index (χ2n) is 5.33. The topological polar surface area (TPSA) is 52.7 Å². The van der Waals surface area contributed by atoms with Crippen molar-refractivity contribution in [2.24, 2.45) is 0 Å². The molecule has 0 bridgehead atoms. The molecule has 0 aliphatic carbocycles. The molecule has 1 N–H and O–H groups in total. The molecule has 1 aromatic rings. The number of halogens is 1. The van der Waals surface area contributed by atoms with E-state index in [9.17, 15) is 9.59 Å². The summed E-state index contributed by atoms with van der Waals surface area (Å²) in [6.07, 6.45) is 2.46. The summed E-state index contributed by atoms with van der Waals surface area (Å²) in [5.41, 5.74) is 2.31. The third kappa shape index (κ3) is 3.75. The molecule has 3 amide bonds. The smallest absolute Gasteiger partial charge is 0.329 e. The van der Waals surface area contributed by atoms with Gasteiger partial charge in [-0.25, -0.2) is 4.79 Å². The third-order valence-electron chi connectivity index (χ3n) is 3.80. The number of nitrogens with zero attached hydrogens (tertiary/aromatic N) is 2. The van der Waals surface area contributed by atoms with Crippen LogP contribution >= 0.6 is 15.9 Å². The Morgan fingerprint density at radius 2 is 1.91 bits per heavy atom. The van der Waals surface area contributed by atoms with Crippen molar-refractivity contribution in [1.29, 1.82) is 0 Å². The van der Waals surface area contributed by atoms with Crippen molar-refractivity contribution in [3.63, 3.8) is 0 Å². The minimum absolute atomic E-state index is 0.263. The van der Waals surface area contributed by atoms with E-state index in [1.807, 2.05) is 25.1 Å². The summed E-state index contributed by atoms with van der Waals surface area (Å²) in [6.45, 7) is 8.45. The predicted molar refractivity (Wildman–Crippen MR) is 96.2 cm³/mol. The average Bonchev–Trinajstić information content (AvgIpc) is 2.78. The maximum absolute atomic E-state index is 12.2. The lowest BCUT2D eigenvalue weighted by Gasteiger charge is -2.22. The molecule has 6 heteroatoms. The number of benzene rings is 1. The van der Waals surface area contributed by atoms with E-state index in [4.69, 9.17) is 0 Å². The van der Waals surface area contributed by atoms with Crippen molar-refractivity contribution in [3.8, 4) is 0 Å². The van der Waals surface area contributed by atoms with Crippen molar-refractivity contribution in [2.75, 3.05) is 24.5 Å². The second kappa shape index (κ2) is 7.64. The Morgan fingerprint density at radius 3 is 2.48 bits per heavy atom. The van der Waals surface area contributed by atoms with E-state index in [0.717, 1.165) is 35.2 Å². The summed E-state index contributed by atoms with van der Waals surface area (Å²) in [4.78, 5) is 27.5. The Hall–Kier alpha value is -1.82. The van der Waals surface area contributed by atoms with Crippen LogP contribution in [0.25, 0.3) is 6.08 Å². The number of hydrogen-bond donors (Lipinski definition) is 1. The lowest BCUT2D eigenvalue weighted by atomic mass is 10.1. The van der Waals surface area contributed by atoms with Crippen LogP contribution in [0, 0.1) is 0 Å². The molecule has 1 aliphatic heterocycles. The molecule has 0 aromatic heterocycles. The molecule has 0 spiro atoms. The van der Waals surface area contributed by atoms with Crippen LogP contribution in [0.15, 0.2) is 28.4 Å². The van der Waals surface area contributed by atoms with E-state index in [-0.39, 0.29) is 11.9 Å². The SMILES string of the molecule is CCCN1C(=O)N/C(=C/c2ccc(N(CC)CC)c(Br)c2)C1=O. The van der Waals surface area contributed by atoms with Gasteiger partial charge < -0.3 is 10.2 Å². The van der Waals surface area contributed by atoms with Gasteiger partial charge in [0.05, 0.1) is 5.69 Å². The van der Waals surface area contributed by atoms with E-state index in [1.54, 1.807) is 6.08 Å². The summed E-state index contributed by atoms with van der Waals surface area (Å²) in [6, 6.07) is 5.59. The van der Waals surface area contributed by atoms with Crippen LogP contribution in [0.2, 0.25) is 0 Å². The van der Waals surface area contributed by atoms with Gasteiger partial charge >= 0.3 is 6.03 Å². The van der Waals surface area contributed by atoms with Crippen molar-refractivity contribution in [2.45, 2.75) is 27.2 Å². The van der Waals surface area contributed by atoms with Crippen molar-refractivity contribution < 1.29 is 9.59 Å². The lowest BCUT2D eigenvalue weighted by Crippen LogP contribution is -2.31. The van der Waals surface area contributed by atoms with Gasteiger partial charge in [0.2, 0.25) is 0 Å². The number of imide groups is 1. The molecule has 0 saturated carbocycles. The third-order valence-corrected chi connectivity index (χ3v) is 4.43. The van der Waals surface area contributed by atoms with E-state index < -0.39 is 0 Å². The van der Waals surface area contributed by atoms with Gasteiger partial charge in [0.1, 0.15) is 5.70 Å². The van der Waals surface area contributed by atoms with Gasteiger partial charge in [-0.1, -0.05) is 13.0 Å². The Balaban J connectivity index is 2.25.